The fourth-order valence-corrected chi connectivity index (χ4v) is 1.92. The van der Waals surface area contributed by atoms with Gasteiger partial charge in [0.25, 0.3) is 0 Å². The van der Waals surface area contributed by atoms with E-state index in [2.05, 4.69) is 0 Å². The van der Waals surface area contributed by atoms with E-state index in [1.807, 2.05) is 6.92 Å². The van der Waals surface area contributed by atoms with Crippen molar-refractivity contribution < 1.29 is 33.2 Å². The third kappa shape index (κ3) is 5.84. The van der Waals surface area contributed by atoms with E-state index in [1.54, 1.807) is 7.05 Å². The topological polar surface area (TPSA) is 99.2 Å². The Kier molecular flexibility index (Phi) is 7.03. The Bertz CT molecular complexity index is 434. The molecule has 0 saturated carbocycles. The Labute approximate surface area is 129 Å². The van der Waals surface area contributed by atoms with Crippen LogP contribution in [0.4, 0.5) is 0 Å². The van der Waals surface area contributed by atoms with Crippen molar-refractivity contribution in [2.45, 2.75) is 39.1 Å². The Morgan fingerprint density at radius 1 is 1.27 bits per heavy atom. The molecule has 1 aliphatic heterocycles. The van der Waals surface area contributed by atoms with Crippen molar-refractivity contribution in [1.82, 2.24) is 4.90 Å². The number of ketones is 1. The molecule has 0 N–H and O–H groups in total. The van der Waals surface area contributed by atoms with Gasteiger partial charge >= 0.3 is 25.0 Å². The largest absolute Gasteiger partial charge is 0.650 e. The van der Waals surface area contributed by atoms with Crippen LogP contribution in [0.3, 0.4) is 0 Å². The molecule has 1 unspecified atom stereocenters. The summed E-state index contributed by atoms with van der Waals surface area (Å²) in [5.74, 6) is -2.50. The lowest BCUT2D eigenvalue weighted by Crippen LogP contribution is -2.51. The quantitative estimate of drug-likeness (QED) is 0.488. The SMILES string of the molecule is CCCCC(=O)C(OC(C)=O)B1OC(=O)CN(C)CC(=O)O1. The van der Waals surface area contributed by atoms with E-state index in [0.717, 1.165) is 13.3 Å². The number of carbonyl (C=O) groups is 4. The monoisotopic (exact) mass is 313 g/mol. The van der Waals surface area contributed by atoms with Gasteiger partial charge in [0.05, 0.1) is 13.1 Å². The van der Waals surface area contributed by atoms with Crippen LogP contribution >= 0.6 is 0 Å². The van der Waals surface area contributed by atoms with E-state index in [1.165, 1.54) is 4.90 Å². The highest BCUT2D eigenvalue weighted by Crippen LogP contribution is 2.12. The second-order valence-electron chi connectivity index (χ2n) is 5.12. The van der Waals surface area contributed by atoms with Gasteiger partial charge in [-0.25, -0.2) is 0 Å². The van der Waals surface area contributed by atoms with Gasteiger partial charge in [0, 0.05) is 13.3 Å². The van der Waals surface area contributed by atoms with Gasteiger partial charge in [-0.2, -0.15) is 0 Å². The van der Waals surface area contributed by atoms with E-state index < -0.39 is 36.8 Å². The number of esters is 1. The number of ether oxygens (including phenoxy) is 1. The molecule has 122 valence electrons. The summed E-state index contributed by atoms with van der Waals surface area (Å²) in [5, 5.41) is 0. The number of likely N-dealkylation sites (N-methyl/N-ethyl adjacent to an activating group) is 1. The minimum absolute atomic E-state index is 0.123. The van der Waals surface area contributed by atoms with Gasteiger partial charge in [-0.3, -0.25) is 24.1 Å². The van der Waals surface area contributed by atoms with Gasteiger partial charge in [-0.1, -0.05) is 13.3 Å². The number of hydrogen-bond acceptors (Lipinski definition) is 8. The molecule has 9 heteroatoms. The first-order valence-electron chi connectivity index (χ1n) is 7.11. The minimum Gasteiger partial charge on any atom is -0.496 e. The zero-order valence-electron chi connectivity index (χ0n) is 13.0. The first-order chi connectivity index (χ1) is 10.3. The molecule has 0 bridgehead atoms. The minimum atomic E-state index is -1.54. The summed E-state index contributed by atoms with van der Waals surface area (Å²) in [6.45, 7) is 2.78. The van der Waals surface area contributed by atoms with Crippen LogP contribution in [0.15, 0.2) is 0 Å². The van der Waals surface area contributed by atoms with Gasteiger partial charge < -0.3 is 14.0 Å². The van der Waals surface area contributed by atoms with Crippen molar-refractivity contribution in [1.29, 1.82) is 0 Å². The van der Waals surface area contributed by atoms with Crippen molar-refractivity contribution in [3.63, 3.8) is 0 Å². The van der Waals surface area contributed by atoms with Crippen molar-refractivity contribution in [2.24, 2.45) is 0 Å². The average Bonchev–Trinajstić information content (AvgIpc) is 2.39. The highest BCUT2D eigenvalue weighted by molar-refractivity contribution is 6.55. The molecule has 1 saturated heterocycles. The zero-order valence-corrected chi connectivity index (χ0v) is 13.0. The molecule has 0 amide bonds. The smallest absolute Gasteiger partial charge is 0.496 e. The molecule has 1 rings (SSSR count). The highest BCUT2D eigenvalue weighted by atomic mass is 16.7. The van der Waals surface area contributed by atoms with Crippen molar-refractivity contribution in [3.05, 3.63) is 0 Å². The summed E-state index contributed by atoms with van der Waals surface area (Å²) < 4.78 is 14.9. The summed E-state index contributed by atoms with van der Waals surface area (Å²) in [6.07, 6.45) is 1.50. The van der Waals surface area contributed by atoms with E-state index in [4.69, 9.17) is 14.0 Å². The molecule has 1 fully saturated rings. The summed E-state index contributed by atoms with van der Waals surface area (Å²) in [6, 6.07) is -1.43. The van der Waals surface area contributed by atoms with Crippen molar-refractivity contribution in [3.8, 4) is 0 Å². The number of nitrogens with zero attached hydrogens (tertiary/aromatic N) is 1. The zero-order chi connectivity index (χ0) is 16.7. The van der Waals surface area contributed by atoms with E-state index >= 15 is 0 Å². The Hall–Kier alpha value is -1.90. The fraction of sp³-hybridized carbons (Fsp3) is 0.692. The third-order valence-electron chi connectivity index (χ3n) is 2.93. The molecule has 0 aromatic rings. The Balaban J connectivity index is 2.89. The predicted molar refractivity (Wildman–Crippen MR) is 75.5 cm³/mol. The third-order valence-corrected chi connectivity index (χ3v) is 2.93. The molecule has 0 aromatic heterocycles. The lowest BCUT2D eigenvalue weighted by atomic mass is 9.76. The molecule has 0 aromatic carbocycles. The normalized spacial score (nSPS) is 17.9. The summed E-state index contributed by atoms with van der Waals surface area (Å²) >= 11 is 0. The van der Waals surface area contributed by atoms with Gasteiger partial charge in [-0.05, 0) is 13.5 Å². The molecule has 1 aliphatic rings. The maximum Gasteiger partial charge on any atom is 0.650 e. The molecule has 1 heterocycles. The molecule has 0 radical (unpaired) electrons. The Morgan fingerprint density at radius 3 is 2.27 bits per heavy atom. The van der Waals surface area contributed by atoms with Gasteiger partial charge in [-0.15, -0.1) is 0 Å². The highest BCUT2D eigenvalue weighted by Gasteiger charge is 2.46. The predicted octanol–water partition coefficient (Wildman–Crippen LogP) is -0.263. The van der Waals surface area contributed by atoms with Gasteiger partial charge in [0.1, 0.15) is 0 Å². The summed E-state index contributed by atoms with van der Waals surface area (Å²) in [5.41, 5.74) is 0. The molecular formula is C13H20BNO7. The lowest BCUT2D eigenvalue weighted by Gasteiger charge is -2.26. The number of carbonyl (C=O) groups excluding carboxylic acids is 4. The Morgan fingerprint density at radius 2 is 1.82 bits per heavy atom. The molecular weight excluding hydrogens is 293 g/mol. The molecule has 8 nitrogen and oxygen atoms in total. The number of hydrogen-bond donors (Lipinski definition) is 0. The van der Waals surface area contributed by atoms with Crippen LogP contribution in [0.2, 0.25) is 0 Å². The van der Waals surface area contributed by atoms with Crippen LogP contribution in [0.1, 0.15) is 33.1 Å². The van der Waals surface area contributed by atoms with E-state index in [9.17, 15) is 19.2 Å². The van der Waals surface area contributed by atoms with Crippen molar-refractivity contribution in [2.75, 3.05) is 20.1 Å². The lowest BCUT2D eigenvalue weighted by molar-refractivity contribution is -0.155. The van der Waals surface area contributed by atoms with Crippen LogP contribution < -0.4 is 0 Å². The van der Waals surface area contributed by atoms with E-state index in [0.29, 0.717) is 6.42 Å². The molecule has 0 aliphatic carbocycles. The van der Waals surface area contributed by atoms with Gasteiger partial charge in [0.15, 0.2) is 5.78 Å². The van der Waals surface area contributed by atoms with E-state index in [-0.39, 0.29) is 19.5 Å². The summed E-state index contributed by atoms with van der Waals surface area (Å²) in [7, 11) is 0.0145. The van der Waals surface area contributed by atoms with Crippen LogP contribution in [-0.4, -0.2) is 61.8 Å². The number of Topliss-reactive ketones (excluding diaryl/α,β-unsaturated/α-hetero) is 1. The second-order valence-corrected chi connectivity index (χ2v) is 5.12. The molecule has 22 heavy (non-hydrogen) atoms. The first-order valence-corrected chi connectivity index (χ1v) is 7.11. The average molecular weight is 313 g/mol. The van der Waals surface area contributed by atoms with Crippen LogP contribution in [0, 0.1) is 0 Å². The van der Waals surface area contributed by atoms with Crippen LogP contribution in [0.25, 0.3) is 0 Å². The molecule has 0 spiro atoms. The maximum absolute atomic E-state index is 12.1. The first kappa shape index (κ1) is 18.2. The van der Waals surface area contributed by atoms with Gasteiger partial charge in [0.2, 0.25) is 6.00 Å². The fourth-order valence-electron chi connectivity index (χ4n) is 1.92. The van der Waals surface area contributed by atoms with Crippen LogP contribution in [0.5, 0.6) is 0 Å². The summed E-state index contributed by atoms with van der Waals surface area (Å²) in [4.78, 5) is 48.1. The number of rotatable bonds is 6. The van der Waals surface area contributed by atoms with Crippen molar-refractivity contribution >= 4 is 30.8 Å². The molecule has 1 atom stereocenters. The number of unbranched alkanes of at least 4 members (excludes halogenated alkanes) is 1. The maximum atomic E-state index is 12.1. The van der Waals surface area contributed by atoms with Crippen LogP contribution in [-0.2, 0) is 33.2 Å². The second kappa shape index (κ2) is 8.52. The standard InChI is InChI=1S/C13H20BNO7/c1-4-5-6-10(17)13(20-9(2)16)14-21-11(18)7-15(3)8-12(19)22-14/h13H,4-8H2,1-3H3.